The van der Waals surface area contributed by atoms with Gasteiger partial charge in [0.15, 0.2) is 11.5 Å². The molecule has 0 aliphatic heterocycles. The molecule has 0 aliphatic carbocycles. The number of hydrogen-bond donors (Lipinski definition) is 1. The second kappa shape index (κ2) is 16.8. The summed E-state index contributed by atoms with van der Waals surface area (Å²) >= 11 is 13.0. The Hall–Kier alpha value is -3.67. The molecule has 46 heavy (non-hydrogen) atoms. The minimum absolute atomic E-state index is 0.128. The second-order valence-electron chi connectivity index (χ2n) is 10.4. The van der Waals surface area contributed by atoms with Gasteiger partial charge in [-0.15, -0.1) is 0 Å². The first-order chi connectivity index (χ1) is 21.9. The molecule has 2 atom stereocenters. The van der Waals surface area contributed by atoms with Crippen LogP contribution in [-0.4, -0.2) is 64.6 Å². The summed E-state index contributed by atoms with van der Waals surface area (Å²) in [6, 6.07) is 14.4. The highest BCUT2D eigenvalue weighted by Crippen LogP contribution is 2.33. The minimum Gasteiger partial charge on any atom is -0.494 e. The first-order valence-electron chi connectivity index (χ1n) is 14.9. The molecule has 0 radical (unpaired) electrons. The minimum atomic E-state index is -4.37. The molecule has 0 heterocycles. The predicted molar refractivity (Wildman–Crippen MR) is 181 cm³/mol. The van der Waals surface area contributed by atoms with Crippen LogP contribution in [-0.2, 0) is 26.2 Å². The first-order valence-corrected chi connectivity index (χ1v) is 17.1. The molecule has 0 fully saturated rings. The molecule has 250 valence electrons. The molecular weight excluding hydrogens is 653 g/mol. The molecule has 0 saturated heterocycles. The van der Waals surface area contributed by atoms with Gasteiger partial charge in [0.2, 0.25) is 11.8 Å². The summed E-state index contributed by atoms with van der Waals surface area (Å²) in [5.74, 6) is 0.0583. The number of carbonyl (C=O) groups is 2. The predicted octanol–water partition coefficient (Wildman–Crippen LogP) is 6.33. The summed E-state index contributed by atoms with van der Waals surface area (Å²) in [5.41, 5.74) is 0.642. The van der Waals surface area contributed by atoms with Crippen LogP contribution in [0, 0.1) is 0 Å². The van der Waals surface area contributed by atoms with Crippen molar-refractivity contribution in [2.75, 3.05) is 31.7 Å². The normalized spacial score (nSPS) is 12.5. The Bertz CT molecular complexity index is 1580. The molecule has 0 bridgehead atoms. The van der Waals surface area contributed by atoms with E-state index in [1.54, 1.807) is 49.4 Å². The van der Waals surface area contributed by atoms with Crippen LogP contribution < -0.4 is 23.8 Å². The lowest BCUT2D eigenvalue weighted by atomic mass is 10.1. The molecule has 0 aromatic heterocycles. The van der Waals surface area contributed by atoms with Crippen LogP contribution in [0.2, 0.25) is 10.0 Å². The molecule has 3 aromatic rings. The SMILES string of the molecule is CCOc1ccc(N(CC(=O)N(Cc2c(Cl)cccc2Cl)C(CC)C(=O)NC(C)CC)S(=O)(=O)c2ccc(OC)c(OC)c2)cc1. The van der Waals surface area contributed by atoms with Crippen molar-refractivity contribution >= 4 is 50.7 Å². The van der Waals surface area contributed by atoms with E-state index in [4.69, 9.17) is 37.4 Å². The Morgan fingerprint density at radius 2 is 1.52 bits per heavy atom. The summed E-state index contributed by atoms with van der Waals surface area (Å²) in [6.45, 7) is 7.07. The van der Waals surface area contributed by atoms with Gasteiger partial charge >= 0.3 is 0 Å². The average molecular weight is 695 g/mol. The number of nitrogens with one attached hydrogen (secondary N) is 1. The van der Waals surface area contributed by atoms with Crippen molar-refractivity contribution < 1.29 is 32.2 Å². The fourth-order valence-corrected chi connectivity index (χ4v) is 6.67. The highest BCUT2D eigenvalue weighted by molar-refractivity contribution is 7.92. The fraction of sp³-hybridized carbons (Fsp3) is 0.394. The summed E-state index contributed by atoms with van der Waals surface area (Å²) in [4.78, 5) is 29.1. The highest BCUT2D eigenvalue weighted by atomic mass is 35.5. The molecule has 3 rings (SSSR count). The third kappa shape index (κ3) is 8.77. The first kappa shape index (κ1) is 36.8. The number of benzene rings is 3. The Kier molecular flexibility index (Phi) is 13.4. The third-order valence-electron chi connectivity index (χ3n) is 7.43. The van der Waals surface area contributed by atoms with Crippen LogP contribution in [0.1, 0.15) is 46.1 Å². The van der Waals surface area contributed by atoms with Crippen LogP contribution in [0.5, 0.6) is 17.2 Å². The van der Waals surface area contributed by atoms with Crippen LogP contribution in [0.25, 0.3) is 0 Å². The summed E-state index contributed by atoms with van der Waals surface area (Å²) < 4.78 is 45.8. The van der Waals surface area contributed by atoms with Gasteiger partial charge in [0, 0.05) is 34.3 Å². The summed E-state index contributed by atoms with van der Waals surface area (Å²) in [5, 5.41) is 3.56. The van der Waals surface area contributed by atoms with Gasteiger partial charge in [0.05, 0.1) is 31.4 Å². The fourth-order valence-electron chi connectivity index (χ4n) is 4.72. The van der Waals surface area contributed by atoms with Crippen molar-refractivity contribution in [2.24, 2.45) is 0 Å². The molecule has 10 nitrogen and oxygen atoms in total. The lowest BCUT2D eigenvalue weighted by Crippen LogP contribution is -2.53. The zero-order chi connectivity index (χ0) is 34.0. The molecular formula is C33H41Cl2N3O7S. The molecule has 2 unspecified atom stereocenters. The standard InChI is InChI=1S/C33H41Cl2N3O7S/c1-7-22(4)36-33(40)29(8-2)37(20-26-27(34)11-10-12-28(26)35)32(39)21-38(23-13-15-24(16-14-23)45-9-3)46(41,42)25-17-18-30(43-5)31(19-25)44-6/h10-19,22,29H,7-9,20-21H2,1-6H3,(H,36,40). The van der Waals surface area contributed by atoms with Crippen molar-refractivity contribution in [3.63, 3.8) is 0 Å². The highest BCUT2D eigenvalue weighted by Gasteiger charge is 2.35. The number of sulfonamides is 1. The number of ether oxygens (including phenoxy) is 3. The maximum atomic E-state index is 14.4. The van der Waals surface area contributed by atoms with E-state index in [1.165, 1.54) is 37.3 Å². The monoisotopic (exact) mass is 693 g/mol. The van der Waals surface area contributed by atoms with Gasteiger partial charge < -0.3 is 24.4 Å². The van der Waals surface area contributed by atoms with E-state index in [9.17, 15) is 18.0 Å². The van der Waals surface area contributed by atoms with Crippen molar-refractivity contribution in [1.29, 1.82) is 0 Å². The Morgan fingerprint density at radius 1 is 0.891 bits per heavy atom. The van der Waals surface area contributed by atoms with Gasteiger partial charge in [0.25, 0.3) is 10.0 Å². The average Bonchev–Trinajstić information content (AvgIpc) is 3.04. The molecule has 0 spiro atoms. The molecule has 13 heteroatoms. The third-order valence-corrected chi connectivity index (χ3v) is 9.91. The van der Waals surface area contributed by atoms with E-state index < -0.39 is 28.5 Å². The smallest absolute Gasteiger partial charge is 0.264 e. The van der Waals surface area contributed by atoms with E-state index in [1.807, 2.05) is 20.8 Å². The molecule has 0 aliphatic rings. The number of hydrogen-bond acceptors (Lipinski definition) is 7. The quantitative estimate of drug-likeness (QED) is 0.187. The van der Waals surface area contributed by atoms with E-state index in [2.05, 4.69) is 5.32 Å². The van der Waals surface area contributed by atoms with Gasteiger partial charge in [-0.3, -0.25) is 13.9 Å². The lowest BCUT2D eigenvalue weighted by Gasteiger charge is -2.34. The Morgan fingerprint density at radius 3 is 2.07 bits per heavy atom. The van der Waals surface area contributed by atoms with E-state index in [0.717, 1.165) is 4.31 Å². The van der Waals surface area contributed by atoms with Crippen molar-refractivity contribution in [1.82, 2.24) is 10.2 Å². The largest absolute Gasteiger partial charge is 0.494 e. The number of anilines is 1. The molecule has 0 saturated carbocycles. The molecule has 1 N–H and O–H groups in total. The summed E-state index contributed by atoms with van der Waals surface area (Å²) in [6.07, 6.45) is 0.934. The Labute approximate surface area is 281 Å². The summed E-state index contributed by atoms with van der Waals surface area (Å²) in [7, 11) is -1.53. The topological polar surface area (TPSA) is 114 Å². The van der Waals surface area contributed by atoms with Crippen LogP contribution in [0.3, 0.4) is 0 Å². The van der Waals surface area contributed by atoms with Crippen molar-refractivity contribution in [3.05, 3.63) is 76.3 Å². The molecule has 2 amide bonds. The van der Waals surface area contributed by atoms with E-state index >= 15 is 0 Å². The van der Waals surface area contributed by atoms with Gasteiger partial charge in [-0.2, -0.15) is 0 Å². The number of nitrogens with zero attached hydrogens (tertiary/aromatic N) is 2. The Balaban J connectivity index is 2.15. The van der Waals surface area contributed by atoms with Crippen LogP contribution in [0.15, 0.2) is 65.6 Å². The zero-order valence-electron chi connectivity index (χ0n) is 26.9. The maximum Gasteiger partial charge on any atom is 0.264 e. The maximum absolute atomic E-state index is 14.4. The molecule has 3 aromatic carbocycles. The van der Waals surface area contributed by atoms with E-state index in [0.29, 0.717) is 40.1 Å². The number of halogens is 2. The van der Waals surface area contributed by atoms with Crippen LogP contribution >= 0.6 is 23.2 Å². The van der Waals surface area contributed by atoms with Gasteiger partial charge in [0.1, 0.15) is 18.3 Å². The van der Waals surface area contributed by atoms with Gasteiger partial charge in [-0.1, -0.05) is 43.1 Å². The van der Waals surface area contributed by atoms with E-state index in [-0.39, 0.29) is 41.2 Å². The number of methoxy groups -OCH3 is 2. The van der Waals surface area contributed by atoms with Crippen molar-refractivity contribution in [2.45, 2.75) is 64.1 Å². The van der Waals surface area contributed by atoms with Crippen molar-refractivity contribution in [3.8, 4) is 17.2 Å². The number of amides is 2. The van der Waals surface area contributed by atoms with Gasteiger partial charge in [-0.25, -0.2) is 8.42 Å². The number of rotatable bonds is 16. The van der Waals surface area contributed by atoms with Gasteiger partial charge in [-0.05, 0) is 75.2 Å². The lowest BCUT2D eigenvalue weighted by molar-refractivity contribution is -0.140. The second-order valence-corrected chi connectivity index (χ2v) is 13.1. The number of carbonyl (C=O) groups excluding carboxylic acids is 2. The zero-order valence-corrected chi connectivity index (χ0v) is 29.2. The van der Waals surface area contributed by atoms with Crippen LogP contribution in [0.4, 0.5) is 5.69 Å².